The maximum absolute atomic E-state index is 14.5. The molecule has 0 saturated heterocycles. The van der Waals surface area contributed by atoms with Crippen LogP contribution in [0.1, 0.15) is 37.5 Å². The maximum Gasteiger partial charge on any atom is 0.264 e. The van der Waals surface area contributed by atoms with Gasteiger partial charge in [-0.25, -0.2) is 8.42 Å². The summed E-state index contributed by atoms with van der Waals surface area (Å²) in [6, 6.07) is 30.8. The Labute approximate surface area is 266 Å². The number of ether oxygens (including phenoxy) is 1. The van der Waals surface area contributed by atoms with E-state index in [9.17, 15) is 18.0 Å². The van der Waals surface area contributed by atoms with Crippen LogP contribution in [0.25, 0.3) is 0 Å². The van der Waals surface area contributed by atoms with Crippen molar-refractivity contribution in [3.63, 3.8) is 0 Å². The average molecular weight is 628 g/mol. The number of carbonyl (C=O) groups is 2. The second-order valence-electron chi connectivity index (χ2n) is 12.0. The first kappa shape index (κ1) is 33.3. The van der Waals surface area contributed by atoms with Gasteiger partial charge in [-0.15, -0.1) is 0 Å². The summed E-state index contributed by atoms with van der Waals surface area (Å²) in [5.74, 6) is -0.412. The number of sulfonamides is 1. The Balaban J connectivity index is 1.82. The molecule has 0 unspecified atom stereocenters. The van der Waals surface area contributed by atoms with Gasteiger partial charge < -0.3 is 15.0 Å². The summed E-state index contributed by atoms with van der Waals surface area (Å²) in [5.41, 5.74) is 2.44. The fourth-order valence-corrected chi connectivity index (χ4v) is 6.34. The third kappa shape index (κ3) is 8.95. The summed E-state index contributed by atoms with van der Waals surface area (Å²) in [6.07, 6.45) is 0.241. The number of anilines is 1. The molecule has 0 aromatic heterocycles. The summed E-state index contributed by atoms with van der Waals surface area (Å²) < 4.78 is 34.7. The molecule has 8 nitrogen and oxygen atoms in total. The highest BCUT2D eigenvalue weighted by Crippen LogP contribution is 2.28. The van der Waals surface area contributed by atoms with Gasteiger partial charge in [0.15, 0.2) is 0 Å². The molecule has 0 heterocycles. The third-order valence-corrected chi connectivity index (χ3v) is 8.98. The van der Waals surface area contributed by atoms with Crippen LogP contribution in [-0.2, 0) is 32.6 Å². The van der Waals surface area contributed by atoms with Crippen molar-refractivity contribution < 1.29 is 22.7 Å². The molecule has 0 radical (unpaired) electrons. The van der Waals surface area contributed by atoms with E-state index in [2.05, 4.69) is 5.32 Å². The van der Waals surface area contributed by atoms with E-state index in [1.54, 1.807) is 42.5 Å². The maximum atomic E-state index is 14.5. The van der Waals surface area contributed by atoms with E-state index < -0.39 is 34.1 Å². The van der Waals surface area contributed by atoms with Gasteiger partial charge in [-0.2, -0.15) is 0 Å². The van der Waals surface area contributed by atoms with E-state index in [4.69, 9.17) is 4.74 Å². The predicted octanol–water partition coefficient (Wildman–Crippen LogP) is 5.75. The average Bonchev–Trinajstić information content (AvgIpc) is 3.02. The second kappa shape index (κ2) is 14.4. The number of methoxy groups -OCH3 is 1. The molecule has 4 rings (SSSR count). The minimum atomic E-state index is -4.19. The Hall–Kier alpha value is -4.63. The molecule has 0 aliphatic carbocycles. The fourth-order valence-electron chi connectivity index (χ4n) is 4.91. The molecule has 0 aliphatic heterocycles. The van der Waals surface area contributed by atoms with Crippen molar-refractivity contribution in [2.45, 2.75) is 57.1 Å². The van der Waals surface area contributed by atoms with Crippen LogP contribution in [0, 0.1) is 6.92 Å². The Kier molecular flexibility index (Phi) is 10.7. The Morgan fingerprint density at radius 3 is 2.04 bits per heavy atom. The summed E-state index contributed by atoms with van der Waals surface area (Å²) >= 11 is 0. The summed E-state index contributed by atoms with van der Waals surface area (Å²) in [4.78, 5) is 30.0. The summed E-state index contributed by atoms with van der Waals surface area (Å²) in [5, 5.41) is 3.04. The van der Waals surface area contributed by atoms with Gasteiger partial charge in [-0.1, -0.05) is 84.4 Å². The summed E-state index contributed by atoms with van der Waals surface area (Å²) in [7, 11) is -2.70. The lowest BCUT2D eigenvalue weighted by molar-refractivity contribution is -0.140. The molecule has 0 aliphatic rings. The van der Waals surface area contributed by atoms with Crippen LogP contribution in [0.15, 0.2) is 114 Å². The van der Waals surface area contributed by atoms with Crippen molar-refractivity contribution >= 4 is 27.5 Å². The molecule has 0 bridgehead atoms. The number of rotatable bonds is 12. The van der Waals surface area contributed by atoms with E-state index >= 15 is 0 Å². The number of carbonyl (C=O) groups excluding carboxylic acids is 2. The molecular weight excluding hydrogens is 586 g/mol. The zero-order valence-electron chi connectivity index (χ0n) is 26.4. The molecule has 236 valence electrons. The first-order valence-electron chi connectivity index (χ1n) is 14.8. The highest BCUT2D eigenvalue weighted by molar-refractivity contribution is 7.92. The van der Waals surface area contributed by atoms with Gasteiger partial charge in [-0.05, 0) is 63.1 Å². The number of hydrogen-bond donors (Lipinski definition) is 1. The van der Waals surface area contributed by atoms with Crippen molar-refractivity contribution in [1.29, 1.82) is 0 Å². The number of aryl methyl sites for hydroxylation is 1. The largest absolute Gasteiger partial charge is 0.497 e. The van der Waals surface area contributed by atoms with Gasteiger partial charge >= 0.3 is 0 Å². The molecule has 9 heteroatoms. The minimum absolute atomic E-state index is 0.0389. The van der Waals surface area contributed by atoms with E-state index in [1.807, 2.05) is 82.3 Å². The number of nitrogens with one attached hydrogen (secondary N) is 1. The van der Waals surface area contributed by atoms with Crippen LogP contribution in [0.5, 0.6) is 5.75 Å². The number of nitrogens with zero attached hydrogens (tertiary/aromatic N) is 2. The first-order chi connectivity index (χ1) is 21.4. The zero-order chi connectivity index (χ0) is 32.6. The van der Waals surface area contributed by atoms with E-state index in [0.717, 1.165) is 21.0 Å². The second-order valence-corrected chi connectivity index (χ2v) is 13.8. The smallest absolute Gasteiger partial charge is 0.264 e. The molecule has 45 heavy (non-hydrogen) atoms. The van der Waals surface area contributed by atoms with Crippen LogP contribution < -0.4 is 14.4 Å². The SMILES string of the molecule is COc1cccc(N(CC(=O)N(Cc2ccc(C)cc2)[C@H](Cc2ccccc2)C(=O)NC(C)(C)C)S(=O)(=O)c2ccccc2)c1. The van der Waals surface area contributed by atoms with Crippen molar-refractivity contribution in [1.82, 2.24) is 10.2 Å². The molecule has 2 amide bonds. The van der Waals surface area contributed by atoms with Crippen LogP contribution in [0.4, 0.5) is 5.69 Å². The molecule has 1 atom stereocenters. The lowest BCUT2D eigenvalue weighted by atomic mass is 10.0. The van der Waals surface area contributed by atoms with Crippen molar-refractivity contribution in [3.8, 4) is 5.75 Å². The molecule has 4 aromatic carbocycles. The number of benzene rings is 4. The standard InChI is InChI=1S/C36H41N3O5S/c1-27-19-21-29(22-20-27)25-38(33(35(41)37-36(2,3)4)23-28-13-8-6-9-14-28)34(40)26-39(30-15-12-16-31(24-30)44-5)45(42,43)32-17-10-7-11-18-32/h6-22,24,33H,23,25-26H2,1-5H3,(H,37,41)/t33-/m1/s1. The topological polar surface area (TPSA) is 96.0 Å². The monoisotopic (exact) mass is 627 g/mol. The predicted molar refractivity (Wildman–Crippen MR) is 178 cm³/mol. The Bertz CT molecular complexity index is 1690. The fraction of sp³-hybridized carbons (Fsp3) is 0.278. The van der Waals surface area contributed by atoms with E-state index in [1.165, 1.54) is 24.1 Å². The lowest BCUT2D eigenvalue weighted by Gasteiger charge is -2.35. The molecule has 1 N–H and O–H groups in total. The summed E-state index contributed by atoms with van der Waals surface area (Å²) in [6.45, 7) is 7.19. The van der Waals surface area contributed by atoms with Crippen molar-refractivity contribution in [2.24, 2.45) is 0 Å². The minimum Gasteiger partial charge on any atom is -0.497 e. The molecule has 0 saturated carbocycles. The van der Waals surface area contributed by atoms with Gasteiger partial charge in [0.05, 0.1) is 17.7 Å². The number of amides is 2. The molecule has 0 spiro atoms. The van der Waals surface area contributed by atoms with Gasteiger partial charge in [0, 0.05) is 24.6 Å². The van der Waals surface area contributed by atoms with Crippen LogP contribution >= 0.6 is 0 Å². The quantitative estimate of drug-likeness (QED) is 0.216. The van der Waals surface area contributed by atoms with Gasteiger partial charge in [0.25, 0.3) is 10.0 Å². The van der Waals surface area contributed by atoms with E-state index in [-0.39, 0.29) is 29.5 Å². The van der Waals surface area contributed by atoms with Gasteiger partial charge in [0.2, 0.25) is 11.8 Å². The zero-order valence-corrected chi connectivity index (χ0v) is 27.3. The van der Waals surface area contributed by atoms with Crippen LogP contribution in [0.3, 0.4) is 0 Å². The first-order valence-corrected chi connectivity index (χ1v) is 16.2. The van der Waals surface area contributed by atoms with Crippen molar-refractivity contribution in [2.75, 3.05) is 18.0 Å². The van der Waals surface area contributed by atoms with Crippen LogP contribution in [0.2, 0.25) is 0 Å². The highest BCUT2D eigenvalue weighted by Gasteiger charge is 2.35. The van der Waals surface area contributed by atoms with Gasteiger partial charge in [0.1, 0.15) is 18.3 Å². The third-order valence-electron chi connectivity index (χ3n) is 7.19. The Morgan fingerprint density at radius 2 is 1.44 bits per heavy atom. The van der Waals surface area contributed by atoms with Gasteiger partial charge in [-0.3, -0.25) is 13.9 Å². The normalized spacial score (nSPS) is 12.2. The van der Waals surface area contributed by atoms with Crippen LogP contribution in [-0.4, -0.2) is 50.4 Å². The van der Waals surface area contributed by atoms with Crippen molar-refractivity contribution in [3.05, 3.63) is 126 Å². The lowest BCUT2D eigenvalue weighted by Crippen LogP contribution is -2.56. The highest BCUT2D eigenvalue weighted by atomic mass is 32.2. The Morgan fingerprint density at radius 1 is 0.822 bits per heavy atom. The molecule has 0 fully saturated rings. The molecule has 4 aromatic rings. The molecular formula is C36H41N3O5S. The number of hydrogen-bond acceptors (Lipinski definition) is 5. The van der Waals surface area contributed by atoms with E-state index in [0.29, 0.717) is 5.75 Å².